The van der Waals surface area contributed by atoms with Gasteiger partial charge in [-0.1, -0.05) is 34.6 Å². The van der Waals surface area contributed by atoms with Gasteiger partial charge in [0.05, 0.1) is 6.10 Å². The first-order valence-electron chi connectivity index (χ1n) is 13.5. The van der Waals surface area contributed by atoms with Gasteiger partial charge in [0.2, 0.25) is 0 Å². The van der Waals surface area contributed by atoms with Crippen LogP contribution in [0.5, 0.6) is 0 Å². The van der Waals surface area contributed by atoms with E-state index in [1.54, 1.807) is 0 Å². The monoisotopic (exact) mass is 462 g/mol. The molecule has 0 aromatic rings. The fourth-order valence-corrected chi connectivity index (χ4v) is 10.3. The van der Waals surface area contributed by atoms with Crippen LogP contribution < -0.4 is 0 Å². The maximum atomic E-state index is 12.5. The molecule has 4 aliphatic rings. The molecule has 32 heavy (non-hydrogen) atoms. The highest BCUT2D eigenvalue weighted by molar-refractivity contribution is 6.74. The van der Waals surface area contributed by atoms with Gasteiger partial charge in [-0.15, -0.1) is 0 Å². The third-order valence-electron chi connectivity index (χ3n) is 11.6. The van der Waals surface area contributed by atoms with Gasteiger partial charge in [-0.2, -0.15) is 0 Å². The Balaban J connectivity index is 1.56. The molecule has 0 radical (unpaired) electrons. The molecule has 0 aliphatic heterocycles. The molecule has 4 heteroatoms. The normalized spacial score (nSPS) is 46.8. The molecule has 0 amide bonds. The van der Waals surface area contributed by atoms with Crippen molar-refractivity contribution >= 4 is 14.1 Å². The van der Waals surface area contributed by atoms with Crippen LogP contribution in [0.4, 0.5) is 0 Å². The largest absolute Gasteiger partial charge is 0.414 e. The number of hydrogen-bond donors (Lipinski definition) is 0. The van der Waals surface area contributed by atoms with Crippen LogP contribution in [0.1, 0.15) is 92.9 Å². The van der Waals surface area contributed by atoms with Gasteiger partial charge in [-0.3, -0.25) is 4.79 Å². The van der Waals surface area contributed by atoms with Gasteiger partial charge in [-0.05, 0) is 111 Å². The molecule has 0 N–H and O–H groups in total. The van der Waals surface area contributed by atoms with E-state index >= 15 is 0 Å². The van der Waals surface area contributed by atoms with Crippen molar-refractivity contribution in [2.75, 3.05) is 7.11 Å². The molecule has 4 aliphatic carbocycles. The Bertz CT molecular complexity index is 727. The van der Waals surface area contributed by atoms with Crippen LogP contribution in [0, 0.1) is 40.4 Å². The summed E-state index contributed by atoms with van der Waals surface area (Å²) in [6.45, 7) is 18.7. The number of ether oxygens (including phenoxy) is 1. The fourth-order valence-electron chi connectivity index (χ4n) is 8.90. The fraction of sp³-hybridized carbons (Fsp3) is 0.964. The van der Waals surface area contributed by atoms with Crippen molar-refractivity contribution in [3.63, 3.8) is 0 Å². The first-order valence-corrected chi connectivity index (χ1v) is 16.4. The molecule has 0 aromatic carbocycles. The zero-order valence-electron chi connectivity index (χ0n) is 22.4. The lowest BCUT2D eigenvalue weighted by molar-refractivity contribution is -0.185. The smallest absolute Gasteiger partial charge is 0.192 e. The van der Waals surface area contributed by atoms with Crippen LogP contribution in [-0.2, 0) is 14.0 Å². The van der Waals surface area contributed by atoms with Gasteiger partial charge in [0.15, 0.2) is 8.32 Å². The zero-order valence-corrected chi connectivity index (χ0v) is 23.4. The minimum atomic E-state index is -1.73. The number of methoxy groups -OCH3 is 1. The quantitative estimate of drug-likeness (QED) is 0.413. The average Bonchev–Trinajstić information content (AvgIpc) is 3.03. The molecule has 1 unspecified atom stereocenters. The van der Waals surface area contributed by atoms with E-state index in [0.717, 1.165) is 24.7 Å². The molecule has 184 valence electrons. The first-order chi connectivity index (χ1) is 14.7. The number of Topliss-reactive ketones (excluding diaryl/α,β-unsaturated/α-hetero) is 1. The summed E-state index contributed by atoms with van der Waals surface area (Å²) >= 11 is 0. The standard InChI is InChI=1S/C28H50O3Si/c1-18(29)22-12-13-23-21-11-10-19-16-20(31-32(8,9)26(2,3)4)14-15-27(19,5)25(21)24(30-7)17-28(22,23)6/h19-25H,10-17H2,1-9H3/t19-,20?,21-,22+,23-,24-,25+,27-,28+/m0/s1. The molecule has 4 rings (SSSR count). The predicted molar refractivity (Wildman–Crippen MR) is 134 cm³/mol. The molecule has 0 spiro atoms. The highest BCUT2D eigenvalue weighted by Crippen LogP contribution is 2.68. The van der Waals surface area contributed by atoms with Crippen molar-refractivity contribution in [3.05, 3.63) is 0 Å². The minimum Gasteiger partial charge on any atom is -0.414 e. The SMILES string of the molecule is CO[C@H]1C[C@]2(C)[C@@H](C(C)=O)CC[C@H]2[C@@H]2CC[C@H]3CC(O[Si](C)(C)C(C)(C)C)CC[C@]3(C)[C@H]21. The summed E-state index contributed by atoms with van der Waals surface area (Å²) in [6, 6.07) is 0. The second-order valence-corrected chi connectivity index (χ2v) is 18.8. The lowest BCUT2D eigenvalue weighted by Gasteiger charge is -2.63. The summed E-state index contributed by atoms with van der Waals surface area (Å²) in [4.78, 5) is 12.5. The molecule has 0 heterocycles. The highest BCUT2D eigenvalue weighted by Gasteiger charge is 2.64. The molecular weight excluding hydrogens is 412 g/mol. The van der Waals surface area contributed by atoms with E-state index in [9.17, 15) is 4.79 Å². The van der Waals surface area contributed by atoms with Crippen molar-refractivity contribution < 1.29 is 14.0 Å². The van der Waals surface area contributed by atoms with Crippen molar-refractivity contribution in [1.82, 2.24) is 0 Å². The molecule has 4 fully saturated rings. The average molecular weight is 463 g/mol. The van der Waals surface area contributed by atoms with E-state index in [4.69, 9.17) is 9.16 Å². The number of fused-ring (bicyclic) bond motifs is 5. The number of carbonyl (C=O) groups is 1. The van der Waals surface area contributed by atoms with Crippen LogP contribution in [0.25, 0.3) is 0 Å². The topological polar surface area (TPSA) is 35.5 Å². The Kier molecular flexibility index (Phi) is 6.38. The van der Waals surface area contributed by atoms with Gasteiger partial charge in [0, 0.05) is 19.1 Å². The van der Waals surface area contributed by atoms with Gasteiger partial charge >= 0.3 is 0 Å². The summed E-state index contributed by atoms with van der Waals surface area (Å²) in [6.07, 6.45) is 10.5. The van der Waals surface area contributed by atoms with Gasteiger partial charge in [0.25, 0.3) is 0 Å². The Hall–Kier alpha value is -0.193. The van der Waals surface area contributed by atoms with E-state index in [2.05, 4.69) is 47.7 Å². The Morgan fingerprint density at radius 3 is 2.28 bits per heavy atom. The maximum absolute atomic E-state index is 12.5. The Morgan fingerprint density at radius 1 is 1.00 bits per heavy atom. The Labute approximate surface area is 198 Å². The molecule has 4 saturated carbocycles. The van der Waals surface area contributed by atoms with Crippen molar-refractivity contribution in [1.29, 1.82) is 0 Å². The molecule has 0 bridgehead atoms. The summed E-state index contributed by atoms with van der Waals surface area (Å²) in [7, 11) is 0.202. The summed E-state index contributed by atoms with van der Waals surface area (Å²) in [5.74, 6) is 3.47. The lowest BCUT2D eigenvalue weighted by atomic mass is 9.44. The molecule has 0 aromatic heterocycles. The van der Waals surface area contributed by atoms with Crippen LogP contribution in [0.2, 0.25) is 18.1 Å². The van der Waals surface area contributed by atoms with Crippen molar-refractivity contribution in [2.45, 2.75) is 123 Å². The maximum Gasteiger partial charge on any atom is 0.192 e. The van der Waals surface area contributed by atoms with E-state index < -0.39 is 8.32 Å². The first kappa shape index (κ1) is 24.9. The Morgan fingerprint density at radius 2 is 1.69 bits per heavy atom. The molecule has 9 atom stereocenters. The molecule has 3 nitrogen and oxygen atoms in total. The van der Waals surface area contributed by atoms with E-state index in [0.29, 0.717) is 35.2 Å². The number of hydrogen-bond acceptors (Lipinski definition) is 3. The van der Waals surface area contributed by atoms with E-state index in [1.165, 1.54) is 38.5 Å². The minimum absolute atomic E-state index is 0.138. The summed E-state index contributed by atoms with van der Waals surface area (Å²) in [5.41, 5.74) is 0.492. The molecular formula is C28H50O3Si. The van der Waals surface area contributed by atoms with E-state index in [-0.39, 0.29) is 16.4 Å². The summed E-state index contributed by atoms with van der Waals surface area (Å²) in [5, 5.41) is 0.274. The second-order valence-electron chi connectivity index (χ2n) is 14.1. The van der Waals surface area contributed by atoms with Gasteiger partial charge in [0.1, 0.15) is 5.78 Å². The van der Waals surface area contributed by atoms with Crippen LogP contribution >= 0.6 is 0 Å². The van der Waals surface area contributed by atoms with Crippen LogP contribution in [0.15, 0.2) is 0 Å². The van der Waals surface area contributed by atoms with Crippen LogP contribution in [0.3, 0.4) is 0 Å². The van der Waals surface area contributed by atoms with Gasteiger partial charge in [-0.25, -0.2) is 0 Å². The van der Waals surface area contributed by atoms with E-state index in [1.807, 2.05) is 14.0 Å². The van der Waals surface area contributed by atoms with Crippen LogP contribution in [-0.4, -0.2) is 33.4 Å². The third-order valence-corrected chi connectivity index (χ3v) is 16.1. The predicted octanol–water partition coefficient (Wildman–Crippen LogP) is 7.25. The molecule has 0 saturated heterocycles. The third kappa shape index (κ3) is 3.79. The number of rotatable bonds is 4. The summed E-state index contributed by atoms with van der Waals surface area (Å²) < 4.78 is 13.2. The lowest BCUT2D eigenvalue weighted by Crippen LogP contribution is -2.60. The van der Waals surface area contributed by atoms with Crippen molar-refractivity contribution in [2.24, 2.45) is 40.4 Å². The van der Waals surface area contributed by atoms with Gasteiger partial charge < -0.3 is 9.16 Å². The number of ketones is 1. The second kappa shape index (κ2) is 8.19. The number of carbonyl (C=O) groups excluding carboxylic acids is 1. The van der Waals surface area contributed by atoms with Crippen molar-refractivity contribution in [3.8, 4) is 0 Å². The zero-order chi connectivity index (χ0) is 23.7. The highest BCUT2D eigenvalue weighted by atomic mass is 28.4.